The number of hydrogen-bond acceptors (Lipinski definition) is 2. The molecule has 2 aromatic heterocycles. The Morgan fingerprint density at radius 3 is 2.10 bits per heavy atom. The number of aromatic nitrogens is 2. The minimum atomic E-state index is -2.35. The molecule has 0 atom stereocenters. The Balaban J connectivity index is 1.69. The standard InChI is InChI=1S/C36H31N2OP/c1-5-13-31-32(6-2)38-33-19-11-10-18-30(33)34(26-14-8-7-9-15-26)35(36(38)37-31)27-22-20-25(21-23-27)28-16-12-17-29(24-28)40(3,4)39/h5-24H,1H2,2-4H3/b31-13+,32-6+. The Morgan fingerprint density at radius 2 is 1.40 bits per heavy atom. The lowest BCUT2D eigenvalue weighted by Gasteiger charge is -2.17. The number of benzene rings is 4. The van der Waals surface area contributed by atoms with Crippen LogP contribution < -0.4 is 16.0 Å². The van der Waals surface area contributed by atoms with Gasteiger partial charge in [-0.1, -0.05) is 110 Å². The van der Waals surface area contributed by atoms with Crippen LogP contribution in [0.3, 0.4) is 0 Å². The van der Waals surface area contributed by atoms with E-state index in [-0.39, 0.29) is 0 Å². The van der Waals surface area contributed by atoms with Crippen molar-refractivity contribution in [2.24, 2.45) is 0 Å². The average Bonchev–Trinajstić information content (AvgIpc) is 3.35. The van der Waals surface area contributed by atoms with Gasteiger partial charge < -0.3 is 4.57 Å². The van der Waals surface area contributed by atoms with Crippen LogP contribution in [0.15, 0.2) is 116 Å². The third kappa shape index (κ3) is 4.43. The lowest BCUT2D eigenvalue weighted by atomic mass is 9.91. The minimum Gasteiger partial charge on any atom is -0.319 e. The third-order valence-electron chi connectivity index (χ3n) is 7.42. The molecule has 6 aromatic rings. The van der Waals surface area contributed by atoms with E-state index in [1.54, 1.807) is 6.08 Å². The first-order valence-electron chi connectivity index (χ1n) is 13.4. The fourth-order valence-electron chi connectivity index (χ4n) is 5.53. The summed E-state index contributed by atoms with van der Waals surface area (Å²) in [5.41, 5.74) is 8.65. The molecule has 196 valence electrons. The van der Waals surface area contributed by atoms with E-state index in [0.29, 0.717) is 0 Å². The Bertz CT molecular complexity index is 2060. The molecular formula is C36H31N2OP. The lowest BCUT2D eigenvalue weighted by molar-refractivity contribution is 0.588. The molecule has 4 heteroatoms. The van der Waals surface area contributed by atoms with E-state index < -0.39 is 7.14 Å². The zero-order valence-corrected chi connectivity index (χ0v) is 23.9. The molecular weight excluding hydrogens is 507 g/mol. The van der Waals surface area contributed by atoms with Gasteiger partial charge in [0.2, 0.25) is 0 Å². The first-order chi connectivity index (χ1) is 19.4. The van der Waals surface area contributed by atoms with Crippen LogP contribution >= 0.6 is 7.14 Å². The van der Waals surface area contributed by atoms with Gasteiger partial charge in [0.15, 0.2) is 0 Å². The molecule has 0 fully saturated rings. The van der Waals surface area contributed by atoms with Crippen molar-refractivity contribution in [2.75, 3.05) is 13.3 Å². The van der Waals surface area contributed by atoms with Crippen molar-refractivity contribution in [3.63, 3.8) is 0 Å². The predicted octanol–water partition coefficient (Wildman–Crippen LogP) is 7.50. The summed E-state index contributed by atoms with van der Waals surface area (Å²) >= 11 is 0. The molecule has 0 N–H and O–H groups in total. The summed E-state index contributed by atoms with van der Waals surface area (Å²) < 4.78 is 15.0. The van der Waals surface area contributed by atoms with Crippen molar-refractivity contribution in [1.82, 2.24) is 9.38 Å². The SMILES string of the molecule is C=C/C=c1/nc2c(-c3ccc(-c4cccc(P(C)(C)=O)c4)cc3)c(-c3ccccc3)c3ccccc3n2/c1=C/C. The summed E-state index contributed by atoms with van der Waals surface area (Å²) in [5.74, 6) is 0. The molecule has 0 radical (unpaired) electrons. The largest absolute Gasteiger partial charge is 0.319 e. The minimum absolute atomic E-state index is 0.892. The Morgan fingerprint density at radius 1 is 0.750 bits per heavy atom. The van der Waals surface area contributed by atoms with Crippen LogP contribution in [0.2, 0.25) is 0 Å². The number of imidazole rings is 1. The summed E-state index contributed by atoms with van der Waals surface area (Å²) in [5, 5.41) is 4.00. The van der Waals surface area contributed by atoms with Gasteiger partial charge in [0.25, 0.3) is 0 Å². The molecule has 2 heterocycles. The maximum atomic E-state index is 12.7. The molecule has 0 saturated heterocycles. The van der Waals surface area contributed by atoms with Crippen molar-refractivity contribution in [1.29, 1.82) is 0 Å². The molecule has 0 aliphatic heterocycles. The highest BCUT2D eigenvalue weighted by Crippen LogP contribution is 2.41. The summed E-state index contributed by atoms with van der Waals surface area (Å²) in [7, 11) is -2.35. The van der Waals surface area contributed by atoms with E-state index in [4.69, 9.17) is 4.98 Å². The molecule has 40 heavy (non-hydrogen) atoms. The molecule has 0 unspecified atom stereocenters. The molecule has 0 saturated carbocycles. The highest BCUT2D eigenvalue weighted by Gasteiger charge is 2.20. The fourth-order valence-corrected chi connectivity index (χ4v) is 6.42. The number of fused-ring (bicyclic) bond motifs is 3. The molecule has 3 nitrogen and oxygen atoms in total. The van der Waals surface area contributed by atoms with Gasteiger partial charge in [-0.2, -0.15) is 0 Å². The van der Waals surface area contributed by atoms with Crippen LogP contribution in [0.5, 0.6) is 0 Å². The zero-order chi connectivity index (χ0) is 27.9. The van der Waals surface area contributed by atoms with Crippen molar-refractivity contribution in [3.8, 4) is 33.4 Å². The van der Waals surface area contributed by atoms with E-state index in [0.717, 1.165) is 60.5 Å². The molecule has 6 rings (SSSR count). The number of rotatable bonds is 5. The summed E-state index contributed by atoms with van der Waals surface area (Å²) in [6.45, 7) is 9.62. The van der Waals surface area contributed by atoms with Gasteiger partial charge in [-0.05, 0) is 60.7 Å². The fraction of sp³-hybridized carbons (Fsp3) is 0.0833. The highest BCUT2D eigenvalue weighted by molar-refractivity contribution is 7.70. The third-order valence-corrected chi connectivity index (χ3v) is 8.94. The van der Waals surface area contributed by atoms with Gasteiger partial charge in [-0.25, -0.2) is 4.98 Å². The Hall–Kier alpha value is -4.46. The maximum absolute atomic E-state index is 12.7. The van der Waals surface area contributed by atoms with Crippen LogP contribution in [0, 0.1) is 0 Å². The van der Waals surface area contributed by atoms with Gasteiger partial charge in [0.05, 0.1) is 16.2 Å². The normalized spacial score (nSPS) is 12.9. The summed E-state index contributed by atoms with van der Waals surface area (Å²) in [6, 6.07) is 35.8. The molecule has 0 spiro atoms. The van der Waals surface area contributed by atoms with E-state index >= 15 is 0 Å². The molecule has 0 amide bonds. The van der Waals surface area contributed by atoms with Crippen molar-refractivity contribution in [2.45, 2.75) is 6.92 Å². The van der Waals surface area contributed by atoms with E-state index in [1.807, 2.05) is 31.5 Å². The molecule has 4 aromatic carbocycles. The first kappa shape index (κ1) is 25.8. The van der Waals surface area contributed by atoms with Crippen LogP contribution in [-0.4, -0.2) is 22.7 Å². The second-order valence-electron chi connectivity index (χ2n) is 10.3. The smallest absolute Gasteiger partial charge is 0.146 e. The quantitative estimate of drug-likeness (QED) is 0.213. The number of para-hydroxylation sites is 1. The predicted molar refractivity (Wildman–Crippen MR) is 172 cm³/mol. The number of allylic oxidation sites excluding steroid dienone is 1. The number of hydrogen-bond donors (Lipinski definition) is 0. The Kier molecular flexibility index (Phi) is 6.62. The first-order valence-corrected chi connectivity index (χ1v) is 16.0. The van der Waals surface area contributed by atoms with E-state index in [1.165, 1.54) is 5.39 Å². The average molecular weight is 539 g/mol. The van der Waals surface area contributed by atoms with Gasteiger partial charge in [-0.3, -0.25) is 4.40 Å². The zero-order valence-electron chi connectivity index (χ0n) is 23.0. The lowest BCUT2D eigenvalue weighted by Crippen LogP contribution is -2.26. The van der Waals surface area contributed by atoms with E-state index in [2.05, 4.69) is 115 Å². The van der Waals surface area contributed by atoms with Gasteiger partial charge in [0, 0.05) is 21.8 Å². The molecule has 0 bridgehead atoms. The van der Waals surface area contributed by atoms with E-state index in [9.17, 15) is 4.57 Å². The van der Waals surface area contributed by atoms with Gasteiger partial charge >= 0.3 is 0 Å². The van der Waals surface area contributed by atoms with Crippen LogP contribution in [-0.2, 0) is 4.57 Å². The van der Waals surface area contributed by atoms with Crippen molar-refractivity contribution < 1.29 is 4.57 Å². The number of nitrogens with zero attached hydrogens (tertiary/aromatic N) is 2. The Labute approximate surface area is 234 Å². The summed E-state index contributed by atoms with van der Waals surface area (Å²) in [6.07, 6.45) is 5.88. The van der Waals surface area contributed by atoms with Crippen LogP contribution in [0.25, 0.3) is 62.1 Å². The molecule has 0 aliphatic rings. The van der Waals surface area contributed by atoms with Crippen LogP contribution in [0.4, 0.5) is 0 Å². The number of pyridine rings is 1. The second kappa shape index (κ2) is 10.3. The van der Waals surface area contributed by atoms with Gasteiger partial charge in [-0.15, -0.1) is 0 Å². The summed E-state index contributed by atoms with van der Waals surface area (Å²) in [4.78, 5) is 5.18. The topological polar surface area (TPSA) is 34.4 Å². The van der Waals surface area contributed by atoms with Crippen molar-refractivity contribution in [3.05, 3.63) is 126 Å². The monoisotopic (exact) mass is 538 g/mol. The highest BCUT2D eigenvalue weighted by atomic mass is 31.2. The van der Waals surface area contributed by atoms with Crippen molar-refractivity contribution >= 4 is 41.1 Å². The molecule has 0 aliphatic carbocycles. The van der Waals surface area contributed by atoms with Crippen LogP contribution in [0.1, 0.15) is 6.92 Å². The maximum Gasteiger partial charge on any atom is 0.146 e. The van der Waals surface area contributed by atoms with Gasteiger partial charge in [0.1, 0.15) is 12.8 Å². The second-order valence-corrected chi connectivity index (χ2v) is 13.6.